The second-order valence-corrected chi connectivity index (χ2v) is 7.74. The minimum absolute atomic E-state index is 0.175. The molecular weight excluding hydrogens is 364 g/mol. The molecule has 2 aromatic rings. The van der Waals surface area contributed by atoms with Crippen molar-refractivity contribution in [2.45, 2.75) is 58.9 Å². The standard InChI is InChI=1S/C23H32N4O2/c1-18(2)29-17-21-9-5-4-8-20(21)16-26-23(28)25-15-19-10-11-22(24-14-19)27-12-6-3-7-13-27/h4-5,8-11,14,18H,3,6-7,12-13,15-17H2,1-2H3,(H2,25,26,28). The maximum Gasteiger partial charge on any atom is 0.315 e. The third-order valence-corrected chi connectivity index (χ3v) is 5.07. The Labute approximate surface area is 173 Å². The molecule has 0 radical (unpaired) electrons. The molecule has 2 heterocycles. The predicted molar refractivity (Wildman–Crippen MR) is 116 cm³/mol. The second-order valence-electron chi connectivity index (χ2n) is 7.74. The van der Waals surface area contributed by atoms with Crippen LogP contribution in [0.3, 0.4) is 0 Å². The fraction of sp³-hybridized carbons (Fsp3) is 0.478. The molecule has 0 unspecified atom stereocenters. The van der Waals surface area contributed by atoms with E-state index in [1.807, 2.05) is 56.4 Å². The number of urea groups is 1. The van der Waals surface area contributed by atoms with Gasteiger partial charge in [-0.15, -0.1) is 0 Å². The molecule has 6 nitrogen and oxygen atoms in total. The average Bonchev–Trinajstić information content (AvgIpc) is 2.76. The molecule has 2 amide bonds. The van der Waals surface area contributed by atoms with E-state index in [-0.39, 0.29) is 12.1 Å². The molecule has 0 atom stereocenters. The van der Waals surface area contributed by atoms with Crippen molar-refractivity contribution < 1.29 is 9.53 Å². The Hall–Kier alpha value is -2.60. The van der Waals surface area contributed by atoms with Gasteiger partial charge in [-0.25, -0.2) is 9.78 Å². The van der Waals surface area contributed by atoms with Gasteiger partial charge in [0.15, 0.2) is 0 Å². The van der Waals surface area contributed by atoms with Crippen molar-refractivity contribution in [3.8, 4) is 0 Å². The van der Waals surface area contributed by atoms with Gasteiger partial charge in [0, 0.05) is 32.4 Å². The Kier molecular flexibility index (Phi) is 7.87. The lowest BCUT2D eigenvalue weighted by molar-refractivity contribution is 0.0652. The molecule has 1 aliphatic heterocycles. The van der Waals surface area contributed by atoms with Crippen LogP contribution in [0.2, 0.25) is 0 Å². The van der Waals surface area contributed by atoms with Gasteiger partial charge in [-0.3, -0.25) is 0 Å². The first-order valence-corrected chi connectivity index (χ1v) is 10.5. The highest BCUT2D eigenvalue weighted by Gasteiger charge is 2.12. The molecule has 29 heavy (non-hydrogen) atoms. The van der Waals surface area contributed by atoms with Gasteiger partial charge in [-0.1, -0.05) is 30.3 Å². The summed E-state index contributed by atoms with van der Waals surface area (Å²) in [4.78, 5) is 19.1. The van der Waals surface area contributed by atoms with Crippen molar-refractivity contribution in [3.05, 3.63) is 59.3 Å². The lowest BCUT2D eigenvalue weighted by Crippen LogP contribution is -2.35. The Bertz CT molecular complexity index is 771. The smallest absolute Gasteiger partial charge is 0.315 e. The number of amides is 2. The molecule has 156 valence electrons. The number of pyridine rings is 1. The van der Waals surface area contributed by atoms with Crippen LogP contribution in [0.4, 0.5) is 10.6 Å². The maximum absolute atomic E-state index is 12.2. The largest absolute Gasteiger partial charge is 0.374 e. The van der Waals surface area contributed by atoms with Crippen LogP contribution in [-0.4, -0.2) is 30.2 Å². The summed E-state index contributed by atoms with van der Waals surface area (Å²) in [6, 6.07) is 11.9. The van der Waals surface area contributed by atoms with Gasteiger partial charge in [0.1, 0.15) is 5.82 Å². The molecule has 1 saturated heterocycles. The van der Waals surface area contributed by atoms with E-state index in [0.717, 1.165) is 35.6 Å². The van der Waals surface area contributed by atoms with Crippen LogP contribution < -0.4 is 15.5 Å². The van der Waals surface area contributed by atoms with Crippen LogP contribution in [0.5, 0.6) is 0 Å². The molecule has 6 heteroatoms. The van der Waals surface area contributed by atoms with Crippen molar-refractivity contribution >= 4 is 11.8 Å². The van der Waals surface area contributed by atoms with E-state index in [4.69, 9.17) is 4.74 Å². The molecule has 1 aromatic heterocycles. The van der Waals surface area contributed by atoms with Crippen LogP contribution in [0.25, 0.3) is 0 Å². The average molecular weight is 397 g/mol. The number of hydrogen-bond donors (Lipinski definition) is 2. The van der Waals surface area contributed by atoms with Crippen molar-refractivity contribution in [3.63, 3.8) is 0 Å². The van der Waals surface area contributed by atoms with E-state index in [2.05, 4.69) is 20.5 Å². The SMILES string of the molecule is CC(C)OCc1ccccc1CNC(=O)NCc1ccc(N2CCCCC2)nc1. The predicted octanol–water partition coefficient (Wildman–Crippen LogP) is 4.00. The molecule has 0 aliphatic carbocycles. The lowest BCUT2D eigenvalue weighted by Gasteiger charge is -2.27. The van der Waals surface area contributed by atoms with Crippen LogP contribution >= 0.6 is 0 Å². The first-order chi connectivity index (χ1) is 14.1. The number of rotatable bonds is 8. The fourth-order valence-electron chi connectivity index (χ4n) is 3.38. The number of hydrogen-bond acceptors (Lipinski definition) is 4. The number of nitrogens with one attached hydrogen (secondary N) is 2. The van der Waals surface area contributed by atoms with Crippen LogP contribution in [-0.2, 0) is 24.4 Å². The minimum atomic E-state index is -0.190. The molecule has 0 spiro atoms. The fourth-order valence-corrected chi connectivity index (χ4v) is 3.38. The number of nitrogens with zero attached hydrogens (tertiary/aromatic N) is 2. The summed E-state index contributed by atoms with van der Waals surface area (Å²) >= 11 is 0. The summed E-state index contributed by atoms with van der Waals surface area (Å²) in [5, 5.41) is 5.83. The zero-order valence-electron chi connectivity index (χ0n) is 17.5. The van der Waals surface area contributed by atoms with Gasteiger partial charge in [0.25, 0.3) is 0 Å². The van der Waals surface area contributed by atoms with Crippen LogP contribution in [0.1, 0.15) is 49.8 Å². The number of aromatic nitrogens is 1. The monoisotopic (exact) mass is 396 g/mol. The van der Waals surface area contributed by atoms with Crippen molar-refractivity contribution in [2.75, 3.05) is 18.0 Å². The summed E-state index contributed by atoms with van der Waals surface area (Å²) in [5.74, 6) is 1.03. The second kappa shape index (κ2) is 10.8. The topological polar surface area (TPSA) is 66.5 Å². The summed E-state index contributed by atoms with van der Waals surface area (Å²) in [6.45, 7) is 7.66. The van der Waals surface area contributed by atoms with Crippen LogP contribution in [0, 0.1) is 0 Å². The van der Waals surface area contributed by atoms with E-state index in [1.165, 1.54) is 19.3 Å². The van der Waals surface area contributed by atoms with E-state index < -0.39 is 0 Å². The highest BCUT2D eigenvalue weighted by molar-refractivity contribution is 5.73. The van der Waals surface area contributed by atoms with E-state index >= 15 is 0 Å². The quantitative estimate of drug-likeness (QED) is 0.708. The van der Waals surface area contributed by atoms with Crippen LogP contribution in [0.15, 0.2) is 42.6 Å². The molecule has 1 aromatic carbocycles. The number of anilines is 1. The van der Waals surface area contributed by atoms with E-state index in [0.29, 0.717) is 19.7 Å². The van der Waals surface area contributed by atoms with Crippen molar-refractivity contribution in [1.82, 2.24) is 15.6 Å². The van der Waals surface area contributed by atoms with Gasteiger partial charge in [-0.05, 0) is 55.9 Å². The first kappa shape index (κ1) is 21.1. The highest BCUT2D eigenvalue weighted by Crippen LogP contribution is 2.17. The molecule has 0 bridgehead atoms. The number of carbonyl (C=O) groups is 1. The summed E-state index contributed by atoms with van der Waals surface area (Å²) in [5.41, 5.74) is 3.15. The number of ether oxygens (including phenoxy) is 1. The normalized spacial score (nSPS) is 14.1. The number of piperidine rings is 1. The van der Waals surface area contributed by atoms with Gasteiger partial charge in [-0.2, -0.15) is 0 Å². The Morgan fingerprint density at radius 3 is 2.45 bits per heavy atom. The number of benzene rings is 1. The molecule has 0 saturated carbocycles. The third kappa shape index (κ3) is 6.75. The van der Waals surface area contributed by atoms with Gasteiger partial charge in [0.05, 0.1) is 12.7 Å². The first-order valence-electron chi connectivity index (χ1n) is 10.5. The Balaban J connectivity index is 1.44. The van der Waals surface area contributed by atoms with Crippen molar-refractivity contribution in [1.29, 1.82) is 0 Å². The molecule has 2 N–H and O–H groups in total. The molecular formula is C23H32N4O2. The lowest BCUT2D eigenvalue weighted by atomic mass is 10.1. The van der Waals surface area contributed by atoms with Gasteiger partial charge < -0.3 is 20.3 Å². The summed E-state index contributed by atoms with van der Waals surface area (Å²) < 4.78 is 5.70. The van der Waals surface area contributed by atoms with Gasteiger partial charge >= 0.3 is 6.03 Å². The molecule has 1 aliphatic rings. The zero-order valence-corrected chi connectivity index (χ0v) is 17.5. The number of carbonyl (C=O) groups excluding carboxylic acids is 1. The molecule has 1 fully saturated rings. The Morgan fingerprint density at radius 2 is 1.76 bits per heavy atom. The summed E-state index contributed by atoms with van der Waals surface area (Å²) in [6.07, 6.45) is 5.80. The third-order valence-electron chi connectivity index (χ3n) is 5.07. The van der Waals surface area contributed by atoms with Gasteiger partial charge in [0.2, 0.25) is 0 Å². The maximum atomic E-state index is 12.2. The molecule has 3 rings (SSSR count). The van der Waals surface area contributed by atoms with E-state index in [1.54, 1.807) is 0 Å². The minimum Gasteiger partial charge on any atom is -0.374 e. The van der Waals surface area contributed by atoms with E-state index in [9.17, 15) is 4.79 Å². The highest BCUT2D eigenvalue weighted by atomic mass is 16.5. The Morgan fingerprint density at radius 1 is 1.03 bits per heavy atom. The summed E-state index contributed by atoms with van der Waals surface area (Å²) in [7, 11) is 0. The zero-order chi connectivity index (χ0) is 20.5. The van der Waals surface area contributed by atoms with Crippen molar-refractivity contribution in [2.24, 2.45) is 0 Å².